The molecule has 0 unspecified atom stereocenters. The monoisotopic (exact) mass is 537 g/mol. The maximum atomic E-state index is 13.8. The molecule has 0 fully saturated rings. The highest BCUT2D eigenvalue weighted by atomic mass is 19.4. The van der Waals surface area contributed by atoms with Crippen molar-refractivity contribution in [2.24, 2.45) is 0 Å². The SMILES string of the molecule is CCC(=O)O[C@@H]1COc2cc(N(C(=O)C(F)(F)F)[C@@H]3COc4c(Nc5ccc(C#N)cc5)cccc43)ccc21. The van der Waals surface area contributed by atoms with Gasteiger partial charge in [0, 0.05) is 35.0 Å². The minimum atomic E-state index is -5.15. The van der Waals surface area contributed by atoms with Crippen LogP contribution < -0.4 is 19.7 Å². The van der Waals surface area contributed by atoms with Crippen LogP contribution in [-0.2, 0) is 14.3 Å². The summed E-state index contributed by atoms with van der Waals surface area (Å²) in [6, 6.07) is 16.8. The van der Waals surface area contributed by atoms with E-state index >= 15 is 0 Å². The number of carbonyl (C=O) groups is 2. The van der Waals surface area contributed by atoms with Gasteiger partial charge in [0.15, 0.2) is 6.10 Å². The largest absolute Gasteiger partial charge is 0.489 e. The maximum Gasteiger partial charge on any atom is 0.471 e. The highest BCUT2D eigenvalue weighted by molar-refractivity contribution is 5.98. The lowest BCUT2D eigenvalue weighted by Crippen LogP contribution is -2.44. The molecule has 0 saturated carbocycles. The fourth-order valence-corrected chi connectivity index (χ4v) is 4.56. The number of hydrogen-bond donors (Lipinski definition) is 1. The number of nitriles is 1. The third-order valence-electron chi connectivity index (χ3n) is 6.43. The number of anilines is 3. The maximum absolute atomic E-state index is 13.8. The molecule has 2 atom stereocenters. The Hall–Kier alpha value is -4.72. The second-order valence-electron chi connectivity index (χ2n) is 8.90. The first kappa shape index (κ1) is 25.9. The van der Waals surface area contributed by atoms with E-state index in [0.717, 1.165) is 0 Å². The fraction of sp³-hybridized carbons (Fsp3) is 0.250. The summed E-state index contributed by atoms with van der Waals surface area (Å²) >= 11 is 0. The summed E-state index contributed by atoms with van der Waals surface area (Å²) in [6.07, 6.45) is -5.67. The van der Waals surface area contributed by atoms with Crippen LogP contribution in [0.15, 0.2) is 60.7 Å². The number of halogens is 3. The Kier molecular flexibility index (Phi) is 6.78. The van der Waals surface area contributed by atoms with E-state index in [1.807, 2.05) is 6.07 Å². The number of nitrogens with zero attached hydrogens (tertiary/aromatic N) is 2. The lowest BCUT2D eigenvalue weighted by Gasteiger charge is -2.29. The first-order valence-electron chi connectivity index (χ1n) is 12.1. The molecule has 0 bridgehead atoms. The molecule has 2 heterocycles. The van der Waals surface area contributed by atoms with Crippen molar-refractivity contribution < 1.29 is 37.0 Å². The molecule has 2 aliphatic rings. The number of alkyl halides is 3. The Morgan fingerprint density at radius 2 is 1.85 bits per heavy atom. The van der Waals surface area contributed by atoms with Gasteiger partial charge >= 0.3 is 18.1 Å². The predicted octanol–water partition coefficient (Wildman–Crippen LogP) is 5.72. The molecule has 1 amide bonds. The quantitative estimate of drug-likeness (QED) is 0.402. The van der Waals surface area contributed by atoms with Crippen LogP contribution in [0.25, 0.3) is 0 Å². The van der Waals surface area contributed by atoms with Crippen LogP contribution in [0.2, 0.25) is 0 Å². The number of hydrogen-bond acceptors (Lipinski definition) is 7. The Bertz CT molecular complexity index is 1470. The number of carbonyl (C=O) groups excluding carboxylic acids is 2. The molecule has 3 aromatic carbocycles. The summed E-state index contributed by atoms with van der Waals surface area (Å²) < 4.78 is 58.2. The van der Waals surface area contributed by atoms with E-state index in [1.165, 1.54) is 18.2 Å². The Balaban J connectivity index is 1.48. The molecule has 11 heteroatoms. The van der Waals surface area contributed by atoms with Gasteiger partial charge in [-0.3, -0.25) is 14.5 Å². The predicted molar refractivity (Wildman–Crippen MR) is 134 cm³/mol. The van der Waals surface area contributed by atoms with Crippen LogP contribution in [0.4, 0.5) is 30.2 Å². The number of esters is 1. The van der Waals surface area contributed by atoms with E-state index in [-0.39, 0.29) is 31.1 Å². The number of ether oxygens (including phenoxy) is 3. The van der Waals surface area contributed by atoms with Crippen molar-refractivity contribution in [3.05, 3.63) is 77.4 Å². The van der Waals surface area contributed by atoms with E-state index in [4.69, 9.17) is 19.5 Å². The Labute approximate surface area is 221 Å². The lowest BCUT2D eigenvalue weighted by atomic mass is 10.0. The average Bonchev–Trinajstić information content (AvgIpc) is 3.53. The van der Waals surface area contributed by atoms with Crippen molar-refractivity contribution in [1.82, 2.24) is 0 Å². The topological polar surface area (TPSA) is 101 Å². The minimum absolute atomic E-state index is 0.0253. The molecular weight excluding hydrogens is 515 g/mol. The van der Waals surface area contributed by atoms with Crippen LogP contribution in [0.3, 0.4) is 0 Å². The number of rotatable bonds is 6. The number of benzene rings is 3. The average molecular weight is 537 g/mol. The van der Waals surface area contributed by atoms with E-state index in [2.05, 4.69) is 5.32 Å². The van der Waals surface area contributed by atoms with Gasteiger partial charge in [0.05, 0.1) is 23.4 Å². The third kappa shape index (κ3) is 5.05. The zero-order valence-corrected chi connectivity index (χ0v) is 20.6. The van der Waals surface area contributed by atoms with Crippen LogP contribution >= 0.6 is 0 Å². The second kappa shape index (κ2) is 10.2. The molecule has 39 heavy (non-hydrogen) atoms. The smallest absolute Gasteiger partial charge is 0.471 e. The fourth-order valence-electron chi connectivity index (χ4n) is 4.56. The van der Waals surface area contributed by atoms with Crippen molar-refractivity contribution in [3.63, 3.8) is 0 Å². The van der Waals surface area contributed by atoms with Gasteiger partial charge < -0.3 is 19.5 Å². The highest BCUT2D eigenvalue weighted by Crippen LogP contribution is 2.46. The van der Waals surface area contributed by atoms with Gasteiger partial charge in [-0.25, -0.2) is 0 Å². The van der Waals surface area contributed by atoms with Crippen LogP contribution in [-0.4, -0.2) is 31.3 Å². The molecule has 0 aromatic heterocycles. The number of para-hydroxylation sites is 1. The first-order chi connectivity index (χ1) is 18.7. The van der Waals surface area contributed by atoms with Crippen LogP contribution in [0, 0.1) is 11.3 Å². The van der Waals surface area contributed by atoms with E-state index < -0.39 is 30.2 Å². The van der Waals surface area contributed by atoms with Crippen LogP contribution in [0.5, 0.6) is 11.5 Å². The number of nitrogens with one attached hydrogen (secondary N) is 1. The number of fused-ring (bicyclic) bond motifs is 2. The Morgan fingerprint density at radius 1 is 1.08 bits per heavy atom. The zero-order valence-electron chi connectivity index (χ0n) is 20.6. The summed E-state index contributed by atoms with van der Waals surface area (Å²) in [5, 5.41) is 12.2. The number of amides is 1. The van der Waals surface area contributed by atoms with Gasteiger partial charge in [-0.1, -0.05) is 19.1 Å². The van der Waals surface area contributed by atoms with Crippen molar-refractivity contribution in [2.75, 3.05) is 23.4 Å². The van der Waals surface area contributed by atoms with Gasteiger partial charge in [-0.05, 0) is 42.5 Å². The molecule has 1 N–H and O–H groups in total. The molecule has 2 aliphatic heterocycles. The van der Waals surface area contributed by atoms with E-state index in [9.17, 15) is 22.8 Å². The second-order valence-corrected chi connectivity index (χ2v) is 8.90. The first-order valence-corrected chi connectivity index (χ1v) is 12.1. The molecule has 5 rings (SSSR count). The molecule has 0 radical (unpaired) electrons. The molecule has 8 nitrogen and oxygen atoms in total. The van der Waals surface area contributed by atoms with Gasteiger partial charge in [0.25, 0.3) is 0 Å². The standard InChI is InChI=1S/C28H22F3N3O5/c1-2-25(35)39-24-15-37-23-12-18(10-11-20(23)24)34(27(36)28(29,30)31)22-14-38-26-19(22)4-3-5-21(26)33-17-8-6-16(13-32)7-9-17/h3-12,22,24,33H,2,14-15H2,1H3/t22-,24-/m1/s1. The van der Waals surface area contributed by atoms with Crippen molar-refractivity contribution >= 4 is 28.9 Å². The summed E-state index contributed by atoms with van der Waals surface area (Å²) in [4.78, 5) is 25.1. The van der Waals surface area contributed by atoms with Gasteiger partial charge in [-0.15, -0.1) is 0 Å². The molecule has 0 spiro atoms. The summed E-state index contributed by atoms with van der Waals surface area (Å²) in [7, 11) is 0. The van der Waals surface area contributed by atoms with Crippen molar-refractivity contribution in [1.29, 1.82) is 5.26 Å². The summed E-state index contributed by atoms with van der Waals surface area (Å²) in [5.41, 5.74) is 2.48. The van der Waals surface area contributed by atoms with E-state index in [1.54, 1.807) is 49.4 Å². The molecular formula is C28H22F3N3O5. The van der Waals surface area contributed by atoms with Gasteiger partial charge in [0.1, 0.15) is 24.7 Å². The molecule has 0 aliphatic carbocycles. The zero-order chi connectivity index (χ0) is 27.7. The molecule has 0 saturated heterocycles. The Morgan fingerprint density at radius 3 is 2.54 bits per heavy atom. The van der Waals surface area contributed by atoms with Gasteiger partial charge in [0.2, 0.25) is 0 Å². The lowest BCUT2D eigenvalue weighted by molar-refractivity contribution is -0.171. The molecule has 200 valence electrons. The van der Waals surface area contributed by atoms with E-state index in [0.29, 0.717) is 38.7 Å². The molecule has 3 aromatic rings. The van der Waals surface area contributed by atoms with Crippen LogP contribution in [0.1, 0.15) is 42.2 Å². The normalized spacial score (nSPS) is 17.2. The van der Waals surface area contributed by atoms with Crippen molar-refractivity contribution in [2.45, 2.75) is 31.7 Å². The van der Waals surface area contributed by atoms with Gasteiger partial charge in [-0.2, -0.15) is 18.4 Å². The highest BCUT2D eigenvalue weighted by Gasteiger charge is 2.48. The summed E-state index contributed by atoms with van der Waals surface area (Å²) in [5.74, 6) is -1.94. The summed E-state index contributed by atoms with van der Waals surface area (Å²) in [6.45, 7) is 1.46. The third-order valence-corrected chi connectivity index (χ3v) is 6.43. The minimum Gasteiger partial charge on any atom is -0.489 e. The van der Waals surface area contributed by atoms with Crippen molar-refractivity contribution in [3.8, 4) is 17.6 Å².